The topological polar surface area (TPSA) is 28.2 Å². The second-order valence-electron chi connectivity index (χ2n) is 4.60. The third-order valence-electron chi connectivity index (χ3n) is 2.94. The molecule has 0 amide bonds. The number of nitrogens with zero attached hydrogens (tertiary/aromatic N) is 2. The molecule has 0 spiro atoms. The van der Waals surface area contributed by atoms with Crippen LogP contribution in [-0.2, 0) is 6.54 Å². The molecule has 0 fully saturated rings. The molecule has 0 saturated heterocycles. The first-order chi connectivity index (χ1) is 8.66. The number of anilines is 2. The van der Waals surface area contributed by atoms with E-state index in [-0.39, 0.29) is 0 Å². The predicted octanol–water partition coefficient (Wildman–Crippen LogP) is 3.07. The van der Waals surface area contributed by atoms with Gasteiger partial charge in [-0.05, 0) is 42.3 Å². The molecule has 0 aliphatic rings. The van der Waals surface area contributed by atoms with Crippen molar-refractivity contribution < 1.29 is 0 Å². The molecule has 0 aliphatic carbocycles. The first-order valence-corrected chi connectivity index (χ1v) is 6.07. The number of hydrogen-bond donors (Lipinski definition) is 1. The summed E-state index contributed by atoms with van der Waals surface area (Å²) in [4.78, 5) is 6.15. The zero-order valence-electron chi connectivity index (χ0n) is 11.1. The lowest BCUT2D eigenvalue weighted by molar-refractivity contribution is 1.10. The van der Waals surface area contributed by atoms with Crippen LogP contribution in [0.2, 0.25) is 0 Å². The zero-order chi connectivity index (χ0) is 13.0. The van der Waals surface area contributed by atoms with E-state index in [0.717, 1.165) is 12.2 Å². The van der Waals surface area contributed by atoms with E-state index in [1.807, 2.05) is 24.5 Å². The Kier molecular flexibility index (Phi) is 3.82. The van der Waals surface area contributed by atoms with Crippen molar-refractivity contribution in [1.29, 1.82) is 0 Å². The molecule has 1 N–H and O–H groups in total. The van der Waals surface area contributed by atoms with Crippen LogP contribution >= 0.6 is 0 Å². The van der Waals surface area contributed by atoms with Crippen LogP contribution in [0.5, 0.6) is 0 Å². The van der Waals surface area contributed by atoms with Crippen molar-refractivity contribution in [1.82, 2.24) is 4.98 Å². The molecule has 0 radical (unpaired) electrons. The fraction of sp³-hybridized carbons (Fsp3) is 0.267. The maximum Gasteiger partial charge on any atom is 0.0411 e. The Bertz CT molecular complexity index is 506. The van der Waals surface area contributed by atoms with Crippen LogP contribution in [0.1, 0.15) is 11.1 Å². The van der Waals surface area contributed by atoms with Crippen molar-refractivity contribution in [2.45, 2.75) is 13.5 Å². The minimum Gasteiger partial charge on any atom is -0.381 e. The van der Waals surface area contributed by atoms with Crippen molar-refractivity contribution in [2.75, 3.05) is 24.3 Å². The summed E-state index contributed by atoms with van der Waals surface area (Å²) in [5, 5.41) is 3.43. The van der Waals surface area contributed by atoms with Gasteiger partial charge < -0.3 is 10.2 Å². The second kappa shape index (κ2) is 5.54. The van der Waals surface area contributed by atoms with Gasteiger partial charge in [-0.25, -0.2) is 0 Å². The third-order valence-corrected chi connectivity index (χ3v) is 2.94. The summed E-state index contributed by atoms with van der Waals surface area (Å²) in [5.74, 6) is 0. The molecule has 94 valence electrons. The van der Waals surface area contributed by atoms with E-state index in [2.05, 4.69) is 54.4 Å². The maximum atomic E-state index is 4.01. The highest BCUT2D eigenvalue weighted by Gasteiger charge is 2.02. The molecule has 1 aromatic carbocycles. The van der Waals surface area contributed by atoms with Crippen molar-refractivity contribution in [2.24, 2.45) is 0 Å². The molecule has 1 aromatic heterocycles. The summed E-state index contributed by atoms with van der Waals surface area (Å²) in [7, 11) is 4.13. The fourth-order valence-electron chi connectivity index (χ4n) is 1.91. The highest BCUT2D eigenvalue weighted by Crippen LogP contribution is 2.22. The summed E-state index contributed by atoms with van der Waals surface area (Å²) < 4.78 is 0. The van der Waals surface area contributed by atoms with Crippen LogP contribution in [0.3, 0.4) is 0 Å². The van der Waals surface area contributed by atoms with E-state index in [1.54, 1.807) is 0 Å². The van der Waals surface area contributed by atoms with Gasteiger partial charge >= 0.3 is 0 Å². The van der Waals surface area contributed by atoms with Crippen LogP contribution in [0.25, 0.3) is 0 Å². The maximum absolute atomic E-state index is 4.01. The van der Waals surface area contributed by atoms with Crippen LogP contribution in [-0.4, -0.2) is 19.1 Å². The molecule has 18 heavy (non-hydrogen) atoms. The molecule has 3 nitrogen and oxygen atoms in total. The summed E-state index contributed by atoms with van der Waals surface area (Å²) in [6.07, 6.45) is 3.63. The highest BCUT2D eigenvalue weighted by molar-refractivity contribution is 5.61. The lowest BCUT2D eigenvalue weighted by atomic mass is 10.1. The first-order valence-electron chi connectivity index (χ1n) is 6.07. The number of aryl methyl sites for hydroxylation is 1. The van der Waals surface area contributed by atoms with Gasteiger partial charge in [-0.3, -0.25) is 4.98 Å². The van der Waals surface area contributed by atoms with Gasteiger partial charge in [-0.15, -0.1) is 0 Å². The van der Waals surface area contributed by atoms with E-state index in [4.69, 9.17) is 0 Å². The molecular formula is C15H19N3. The predicted molar refractivity (Wildman–Crippen MR) is 77.1 cm³/mol. The van der Waals surface area contributed by atoms with Crippen LogP contribution in [0.4, 0.5) is 11.4 Å². The minimum absolute atomic E-state index is 0.818. The number of rotatable bonds is 4. The first kappa shape index (κ1) is 12.4. The van der Waals surface area contributed by atoms with Crippen molar-refractivity contribution >= 4 is 11.4 Å². The van der Waals surface area contributed by atoms with Gasteiger partial charge in [-0.2, -0.15) is 0 Å². The van der Waals surface area contributed by atoms with Crippen molar-refractivity contribution in [3.8, 4) is 0 Å². The number of nitrogens with one attached hydrogen (secondary N) is 1. The third kappa shape index (κ3) is 3.00. The molecule has 0 bridgehead atoms. The molecule has 3 heteroatoms. The van der Waals surface area contributed by atoms with Gasteiger partial charge in [0.15, 0.2) is 0 Å². The van der Waals surface area contributed by atoms with Gasteiger partial charge in [-0.1, -0.05) is 6.07 Å². The van der Waals surface area contributed by atoms with Gasteiger partial charge in [0.2, 0.25) is 0 Å². The Morgan fingerprint density at radius 2 is 1.83 bits per heavy atom. The largest absolute Gasteiger partial charge is 0.381 e. The standard InChI is InChI=1S/C15H19N3/c1-12-4-5-14(10-15(12)18(2)3)17-11-13-6-8-16-9-7-13/h4-10,17H,11H2,1-3H3. The summed E-state index contributed by atoms with van der Waals surface area (Å²) in [6.45, 7) is 2.94. The molecule has 0 atom stereocenters. The monoisotopic (exact) mass is 241 g/mol. The lowest BCUT2D eigenvalue weighted by Crippen LogP contribution is -2.10. The van der Waals surface area contributed by atoms with Gasteiger partial charge in [0.25, 0.3) is 0 Å². The van der Waals surface area contributed by atoms with E-state index in [9.17, 15) is 0 Å². The van der Waals surface area contributed by atoms with E-state index < -0.39 is 0 Å². The SMILES string of the molecule is Cc1ccc(NCc2ccncc2)cc1N(C)C. The molecular weight excluding hydrogens is 222 g/mol. The normalized spacial score (nSPS) is 10.2. The summed E-state index contributed by atoms with van der Waals surface area (Å²) in [5.41, 5.74) is 4.90. The van der Waals surface area contributed by atoms with E-state index in [0.29, 0.717) is 0 Å². The van der Waals surface area contributed by atoms with E-state index in [1.165, 1.54) is 16.8 Å². The average molecular weight is 241 g/mol. The summed E-state index contributed by atoms with van der Waals surface area (Å²) >= 11 is 0. The minimum atomic E-state index is 0.818. The van der Waals surface area contributed by atoms with Crippen LogP contribution in [0, 0.1) is 6.92 Å². The molecule has 2 rings (SSSR count). The quantitative estimate of drug-likeness (QED) is 0.891. The number of aromatic nitrogens is 1. The fourth-order valence-corrected chi connectivity index (χ4v) is 1.91. The Morgan fingerprint density at radius 3 is 2.50 bits per heavy atom. The van der Waals surface area contributed by atoms with Gasteiger partial charge in [0, 0.05) is 44.4 Å². The Morgan fingerprint density at radius 1 is 1.11 bits per heavy atom. The number of hydrogen-bond acceptors (Lipinski definition) is 3. The zero-order valence-corrected chi connectivity index (χ0v) is 11.1. The molecule has 0 saturated carbocycles. The second-order valence-corrected chi connectivity index (χ2v) is 4.60. The van der Waals surface area contributed by atoms with Crippen molar-refractivity contribution in [3.05, 3.63) is 53.9 Å². The Balaban J connectivity index is 2.08. The number of benzene rings is 1. The van der Waals surface area contributed by atoms with Crippen LogP contribution in [0.15, 0.2) is 42.7 Å². The molecule has 2 aromatic rings. The van der Waals surface area contributed by atoms with Crippen molar-refractivity contribution in [3.63, 3.8) is 0 Å². The number of pyridine rings is 1. The summed E-state index contributed by atoms with van der Waals surface area (Å²) in [6, 6.07) is 10.5. The molecule has 1 heterocycles. The Hall–Kier alpha value is -2.03. The van der Waals surface area contributed by atoms with Gasteiger partial charge in [0.1, 0.15) is 0 Å². The van der Waals surface area contributed by atoms with E-state index >= 15 is 0 Å². The van der Waals surface area contributed by atoms with Crippen LogP contribution < -0.4 is 10.2 Å². The molecule has 0 aliphatic heterocycles. The molecule has 0 unspecified atom stereocenters. The highest BCUT2D eigenvalue weighted by atomic mass is 15.1. The lowest BCUT2D eigenvalue weighted by Gasteiger charge is -2.17. The average Bonchev–Trinajstić information content (AvgIpc) is 2.38. The van der Waals surface area contributed by atoms with Gasteiger partial charge in [0.05, 0.1) is 0 Å². The smallest absolute Gasteiger partial charge is 0.0411 e. The Labute approximate surface area is 108 Å².